The standard InChI is InChI=1S/C13H23N3O2/c1-4-7-10(17-5-2)11-15-12(18-16-11)13(3)8-6-9-14-13/h10,14H,4-9H2,1-3H3. The van der Waals surface area contributed by atoms with Gasteiger partial charge in [-0.15, -0.1) is 0 Å². The molecule has 1 saturated heterocycles. The molecule has 1 aromatic rings. The molecule has 1 aliphatic rings. The molecule has 0 amide bonds. The molecule has 0 aliphatic carbocycles. The summed E-state index contributed by atoms with van der Waals surface area (Å²) < 4.78 is 11.1. The number of hydrogen-bond donors (Lipinski definition) is 1. The Morgan fingerprint density at radius 1 is 1.50 bits per heavy atom. The minimum absolute atomic E-state index is 0.0393. The Balaban J connectivity index is 2.12. The van der Waals surface area contributed by atoms with Crippen LogP contribution in [0.15, 0.2) is 4.52 Å². The highest BCUT2D eigenvalue weighted by molar-refractivity contribution is 5.05. The number of rotatable bonds is 6. The van der Waals surface area contributed by atoms with Gasteiger partial charge in [-0.05, 0) is 39.7 Å². The van der Waals surface area contributed by atoms with Crippen molar-refractivity contribution in [3.63, 3.8) is 0 Å². The van der Waals surface area contributed by atoms with E-state index in [2.05, 4.69) is 29.3 Å². The maximum absolute atomic E-state index is 5.67. The molecule has 0 saturated carbocycles. The summed E-state index contributed by atoms with van der Waals surface area (Å²) in [4.78, 5) is 4.54. The lowest BCUT2D eigenvalue weighted by molar-refractivity contribution is 0.0477. The van der Waals surface area contributed by atoms with Crippen LogP contribution in [-0.4, -0.2) is 23.3 Å². The van der Waals surface area contributed by atoms with Gasteiger partial charge in [0.2, 0.25) is 11.7 Å². The second-order valence-corrected chi connectivity index (χ2v) is 5.05. The predicted octanol–water partition coefficient (Wildman–Crippen LogP) is 2.55. The zero-order valence-corrected chi connectivity index (χ0v) is 11.5. The first kappa shape index (κ1) is 13.5. The fourth-order valence-corrected chi connectivity index (χ4v) is 2.42. The summed E-state index contributed by atoms with van der Waals surface area (Å²) in [6.45, 7) is 7.92. The quantitative estimate of drug-likeness (QED) is 0.844. The minimum atomic E-state index is -0.159. The molecule has 2 unspecified atom stereocenters. The van der Waals surface area contributed by atoms with Crippen molar-refractivity contribution in [1.29, 1.82) is 0 Å². The van der Waals surface area contributed by atoms with E-state index in [-0.39, 0.29) is 11.6 Å². The van der Waals surface area contributed by atoms with E-state index in [4.69, 9.17) is 9.26 Å². The van der Waals surface area contributed by atoms with Crippen molar-refractivity contribution in [3.05, 3.63) is 11.7 Å². The maximum Gasteiger partial charge on any atom is 0.246 e. The molecule has 0 bridgehead atoms. The van der Waals surface area contributed by atoms with Crippen molar-refractivity contribution >= 4 is 0 Å². The van der Waals surface area contributed by atoms with Gasteiger partial charge in [0.25, 0.3) is 0 Å². The van der Waals surface area contributed by atoms with E-state index >= 15 is 0 Å². The van der Waals surface area contributed by atoms with Crippen LogP contribution in [0.2, 0.25) is 0 Å². The molecular weight excluding hydrogens is 230 g/mol. The van der Waals surface area contributed by atoms with Gasteiger partial charge in [0.15, 0.2) is 0 Å². The summed E-state index contributed by atoms with van der Waals surface area (Å²) in [6, 6.07) is 0. The smallest absolute Gasteiger partial charge is 0.246 e. The first-order valence-corrected chi connectivity index (χ1v) is 6.90. The van der Waals surface area contributed by atoms with E-state index in [0.29, 0.717) is 18.3 Å². The third-order valence-corrected chi connectivity index (χ3v) is 3.49. The van der Waals surface area contributed by atoms with Gasteiger partial charge in [-0.1, -0.05) is 18.5 Å². The number of nitrogens with zero attached hydrogens (tertiary/aromatic N) is 2. The molecule has 5 nitrogen and oxygen atoms in total. The first-order valence-electron chi connectivity index (χ1n) is 6.90. The lowest BCUT2D eigenvalue weighted by atomic mass is 10.0. The lowest BCUT2D eigenvalue weighted by Crippen LogP contribution is -2.33. The number of nitrogens with one attached hydrogen (secondary N) is 1. The van der Waals surface area contributed by atoms with Crippen molar-refractivity contribution in [2.75, 3.05) is 13.2 Å². The molecule has 0 radical (unpaired) electrons. The highest BCUT2D eigenvalue weighted by atomic mass is 16.5. The molecule has 18 heavy (non-hydrogen) atoms. The largest absolute Gasteiger partial charge is 0.370 e. The van der Waals surface area contributed by atoms with Gasteiger partial charge in [-0.25, -0.2) is 0 Å². The third-order valence-electron chi connectivity index (χ3n) is 3.49. The van der Waals surface area contributed by atoms with E-state index in [1.54, 1.807) is 0 Å². The number of ether oxygens (including phenoxy) is 1. The van der Waals surface area contributed by atoms with E-state index in [1.165, 1.54) is 0 Å². The number of aromatic nitrogens is 2. The second-order valence-electron chi connectivity index (χ2n) is 5.05. The lowest BCUT2D eigenvalue weighted by Gasteiger charge is -2.18. The van der Waals surface area contributed by atoms with Crippen molar-refractivity contribution < 1.29 is 9.26 Å². The van der Waals surface area contributed by atoms with Crippen LogP contribution in [0, 0.1) is 0 Å². The van der Waals surface area contributed by atoms with Gasteiger partial charge in [-0.3, -0.25) is 0 Å². The number of hydrogen-bond acceptors (Lipinski definition) is 5. The van der Waals surface area contributed by atoms with Crippen LogP contribution in [0.5, 0.6) is 0 Å². The van der Waals surface area contributed by atoms with Gasteiger partial charge in [-0.2, -0.15) is 4.98 Å². The molecule has 0 aromatic carbocycles. The molecule has 102 valence electrons. The van der Waals surface area contributed by atoms with Crippen molar-refractivity contribution in [2.45, 2.75) is 58.1 Å². The fourth-order valence-electron chi connectivity index (χ4n) is 2.42. The molecule has 1 N–H and O–H groups in total. The molecule has 2 rings (SSSR count). The molecule has 1 fully saturated rings. The van der Waals surface area contributed by atoms with Gasteiger partial charge >= 0.3 is 0 Å². The minimum Gasteiger partial charge on any atom is -0.370 e. The Hall–Kier alpha value is -0.940. The van der Waals surface area contributed by atoms with Crippen LogP contribution >= 0.6 is 0 Å². The Morgan fingerprint density at radius 3 is 2.94 bits per heavy atom. The first-order chi connectivity index (χ1) is 8.69. The monoisotopic (exact) mass is 253 g/mol. The summed E-state index contributed by atoms with van der Waals surface area (Å²) in [5, 5.41) is 7.52. The van der Waals surface area contributed by atoms with Crippen LogP contribution < -0.4 is 5.32 Å². The van der Waals surface area contributed by atoms with Crippen LogP contribution in [0.3, 0.4) is 0 Å². The molecule has 0 spiro atoms. The average Bonchev–Trinajstić information content (AvgIpc) is 2.98. The summed E-state index contributed by atoms with van der Waals surface area (Å²) in [5.41, 5.74) is -0.159. The highest BCUT2D eigenvalue weighted by Crippen LogP contribution is 2.30. The highest BCUT2D eigenvalue weighted by Gasteiger charge is 2.36. The Kier molecular flexibility index (Phi) is 4.35. The Morgan fingerprint density at radius 2 is 2.33 bits per heavy atom. The summed E-state index contributed by atoms with van der Waals surface area (Å²) >= 11 is 0. The molecule has 2 atom stereocenters. The van der Waals surface area contributed by atoms with Crippen molar-refractivity contribution in [2.24, 2.45) is 0 Å². The zero-order valence-electron chi connectivity index (χ0n) is 11.5. The summed E-state index contributed by atoms with van der Waals surface area (Å²) in [5.74, 6) is 1.37. The van der Waals surface area contributed by atoms with E-state index < -0.39 is 0 Å². The fraction of sp³-hybridized carbons (Fsp3) is 0.846. The van der Waals surface area contributed by atoms with Crippen molar-refractivity contribution in [1.82, 2.24) is 15.5 Å². The van der Waals surface area contributed by atoms with Crippen LogP contribution in [-0.2, 0) is 10.3 Å². The van der Waals surface area contributed by atoms with E-state index in [1.807, 2.05) is 6.92 Å². The second kappa shape index (κ2) is 5.80. The topological polar surface area (TPSA) is 60.2 Å². The van der Waals surface area contributed by atoms with Crippen LogP contribution in [0.4, 0.5) is 0 Å². The molecule has 1 aliphatic heterocycles. The SMILES string of the molecule is CCCC(OCC)c1noc(C2(C)CCCN2)n1. The van der Waals surface area contributed by atoms with Gasteiger partial charge in [0.05, 0.1) is 5.54 Å². The normalized spacial score (nSPS) is 25.5. The Bertz CT molecular complexity index is 366. The van der Waals surface area contributed by atoms with Crippen molar-refractivity contribution in [3.8, 4) is 0 Å². The molecule has 2 heterocycles. The average molecular weight is 253 g/mol. The van der Waals surface area contributed by atoms with E-state index in [0.717, 1.165) is 32.2 Å². The molecule has 1 aromatic heterocycles. The van der Waals surface area contributed by atoms with Crippen LogP contribution in [0.25, 0.3) is 0 Å². The predicted molar refractivity (Wildman–Crippen MR) is 68.2 cm³/mol. The Labute approximate surface area is 108 Å². The third kappa shape index (κ3) is 2.72. The van der Waals surface area contributed by atoms with Gasteiger partial charge < -0.3 is 14.6 Å². The molecular formula is C13H23N3O2. The van der Waals surface area contributed by atoms with E-state index in [9.17, 15) is 0 Å². The van der Waals surface area contributed by atoms with Gasteiger partial charge in [0.1, 0.15) is 6.10 Å². The maximum atomic E-state index is 5.67. The van der Waals surface area contributed by atoms with Crippen LogP contribution in [0.1, 0.15) is 64.3 Å². The molecule has 5 heteroatoms. The summed E-state index contributed by atoms with van der Waals surface area (Å²) in [6.07, 6.45) is 4.13. The zero-order chi connectivity index (χ0) is 13.0. The summed E-state index contributed by atoms with van der Waals surface area (Å²) in [7, 11) is 0. The van der Waals surface area contributed by atoms with Gasteiger partial charge in [0, 0.05) is 6.61 Å².